The third-order valence-electron chi connectivity index (χ3n) is 15.7. The van der Waals surface area contributed by atoms with Gasteiger partial charge in [-0.25, -0.2) is 4.79 Å². The van der Waals surface area contributed by atoms with Crippen LogP contribution in [-0.4, -0.2) is 134 Å². The lowest BCUT2D eigenvalue weighted by molar-refractivity contribution is -0.305. The van der Waals surface area contributed by atoms with E-state index in [4.69, 9.17) is 56.5 Å². The van der Waals surface area contributed by atoms with Crippen LogP contribution in [0.15, 0.2) is 93.7 Å². The summed E-state index contributed by atoms with van der Waals surface area (Å²) >= 11 is 0. The Labute approximate surface area is 418 Å². The van der Waals surface area contributed by atoms with Crippen LogP contribution in [0.2, 0.25) is 0 Å². The number of carbonyl (C=O) groups is 2. The van der Waals surface area contributed by atoms with E-state index in [1.54, 1.807) is 45.4 Å². The molecule has 8 rings (SSSR count). The minimum absolute atomic E-state index is 0.0100. The summed E-state index contributed by atoms with van der Waals surface area (Å²) < 4.78 is 75.4. The van der Waals surface area contributed by atoms with Gasteiger partial charge in [-0.3, -0.25) is 4.79 Å². The number of aliphatic hydroxyl groups is 2. The van der Waals surface area contributed by atoms with Gasteiger partial charge >= 0.3 is 11.9 Å². The summed E-state index contributed by atoms with van der Waals surface area (Å²) in [5.74, 6) is -2.66. The predicted molar refractivity (Wildman–Crippen MR) is 258 cm³/mol. The number of hydrogen-bond acceptors (Lipinski definition) is 16. The lowest BCUT2D eigenvalue weighted by Gasteiger charge is -2.48. The number of hydrogen-bond donors (Lipinski definition) is 2. The highest BCUT2D eigenvalue weighted by atomic mass is 16.7. The monoisotopic (exact) mass is 993 g/mol. The molecule has 7 heterocycles. The smallest absolute Gasteiger partial charge is 0.331 e. The molecule has 1 spiro atoms. The molecule has 4 fully saturated rings. The molecule has 19 unspecified atom stereocenters. The first-order valence-corrected chi connectivity index (χ1v) is 25.5. The molecule has 2 bridgehead atoms. The molecule has 16 heteroatoms. The Morgan fingerprint density at radius 3 is 2.49 bits per heavy atom. The van der Waals surface area contributed by atoms with Crippen molar-refractivity contribution in [2.45, 2.75) is 192 Å². The van der Waals surface area contributed by atoms with Gasteiger partial charge in [0.25, 0.3) is 0 Å². The standard InChI is InChI=1S/C55H76O16/c1-11-30(2)50-33(5)19-20-54(71-50)27-40-23-38(70-54)18-17-32(4)49(31(3)14-12-15-37-28-64-52-48(57)34(6)22-42(53(58)67-40)55(37,52)59)68-47-26-44(61-10)51(36(8)66-47)69-46-25-43(60-9)41(35(7)65-46)24-45(56)63-29-39-16-13-21-62-39/h12-17,19-22,24,30-31,33,35-36,38,40,42-44,46-52,57,59H,11,18,23,25-29H2,1-10H3/b14-12+,32-17+,37-15+,41-24+. The fourth-order valence-corrected chi connectivity index (χ4v) is 11.4. The quantitative estimate of drug-likeness (QED) is 0.128. The van der Waals surface area contributed by atoms with Crippen molar-refractivity contribution in [3.8, 4) is 0 Å². The molecule has 16 nitrogen and oxygen atoms in total. The molecule has 7 aliphatic rings. The zero-order chi connectivity index (χ0) is 50.8. The van der Waals surface area contributed by atoms with Gasteiger partial charge in [-0.2, -0.15) is 0 Å². The summed E-state index contributed by atoms with van der Waals surface area (Å²) in [5, 5.41) is 23.8. The molecule has 0 saturated carbocycles. The number of carbonyl (C=O) groups excluding carboxylic acids is 2. The van der Waals surface area contributed by atoms with Gasteiger partial charge < -0.3 is 66.7 Å². The van der Waals surface area contributed by atoms with Gasteiger partial charge in [0.2, 0.25) is 0 Å². The molecule has 71 heavy (non-hydrogen) atoms. The number of furan rings is 1. The fourth-order valence-electron chi connectivity index (χ4n) is 11.4. The second-order valence-electron chi connectivity index (χ2n) is 20.7. The van der Waals surface area contributed by atoms with Crippen molar-refractivity contribution in [3.63, 3.8) is 0 Å². The van der Waals surface area contributed by atoms with Gasteiger partial charge in [0.05, 0.1) is 55.6 Å². The van der Waals surface area contributed by atoms with Crippen molar-refractivity contribution < 1.29 is 76.3 Å². The molecule has 0 aromatic carbocycles. The van der Waals surface area contributed by atoms with Crippen LogP contribution in [-0.2, 0) is 68.3 Å². The number of methoxy groups -OCH3 is 2. The van der Waals surface area contributed by atoms with Crippen molar-refractivity contribution in [1.29, 1.82) is 0 Å². The third kappa shape index (κ3) is 11.6. The Balaban J connectivity index is 1.02. The van der Waals surface area contributed by atoms with Crippen molar-refractivity contribution >= 4 is 11.9 Å². The molecule has 2 N–H and O–H groups in total. The van der Waals surface area contributed by atoms with Crippen molar-refractivity contribution in [3.05, 3.63) is 95.1 Å². The van der Waals surface area contributed by atoms with Crippen LogP contribution in [0.1, 0.15) is 99.7 Å². The summed E-state index contributed by atoms with van der Waals surface area (Å²) in [6.45, 7) is 16.1. The van der Waals surface area contributed by atoms with E-state index in [9.17, 15) is 19.8 Å². The maximum absolute atomic E-state index is 14.4. The summed E-state index contributed by atoms with van der Waals surface area (Å²) in [5.41, 5.74) is 0.714. The lowest BCUT2D eigenvalue weighted by Crippen LogP contribution is -2.58. The number of rotatable bonds is 11. The molecule has 4 saturated heterocycles. The summed E-state index contributed by atoms with van der Waals surface area (Å²) in [4.78, 5) is 27.2. The maximum atomic E-state index is 14.4. The average molecular weight is 993 g/mol. The van der Waals surface area contributed by atoms with Gasteiger partial charge in [0, 0.05) is 57.8 Å². The van der Waals surface area contributed by atoms with E-state index in [1.807, 2.05) is 39.0 Å². The highest BCUT2D eigenvalue weighted by molar-refractivity contribution is 5.83. The number of ether oxygens (including phenoxy) is 11. The molecule has 1 aromatic rings. The largest absolute Gasteiger partial charge is 0.466 e. The normalized spacial score (nSPS) is 43.9. The van der Waals surface area contributed by atoms with Gasteiger partial charge in [0.1, 0.15) is 48.3 Å². The van der Waals surface area contributed by atoms with E-state index in [-0.39, 0.29) is 43.5 Å². The number of aliphatic hydroxyl groups excluding tert-OH is 1. The molecular formula is C55H76O16. The lowest BCUT2D eigenvalue weighted by atomic mass is 9.71. The Bertz CT molecular complexity index is 2190. The molecule has 1 aliphatic carbocycles. The number of allylic oxidation sites excluding steroid dienone is 2. The van der Waals surface area contributed by atoms with E-state index < -0.39 is 103 Å². The van der Waals surface area contributed by atoms with Crippen LogP contribution < -0.4 is 0 Å². The van der Waals surface area contributed by atoms with E-state index >= 15 is 0 Å². The van der Waals surface area contributed by atoms with E-state index in [0.717, 1.165) is 12.0 Å². The first kappa shape index (κ1) is 53.5. The van der Waals surface area contributed by atoms with E-state index in [2.05, 4.69) is 39.8 Å². The highest BCUT2D eigenvalue weighted by Gasteiger charge is 2.60. The Morgan fingerprint density at radius 1 is 0.972 bits per heavy atom. The topological polar surface area (TPSA) is 189 Å². The van der Waals surface area contributed by atoms with Crippen LogP contribution in [0.3, 0.4) is 0 Å². The predicted octanol–water partition coefficient (Wildman–Crippen LogP) is 7.28. The van der Waals surface area contributed by atoms with E-state index in [1.165, 1.54) is 12.3 Å². The molecule has 6 aliphatic heterocycles. The summed E-state index contributed by atoms with van der Waals surface area (Å²) in [7, 11) is 3.22. The third-order valence-corrected chi connectivity index (χ3v) is 15.7. The molecular weight excluding hydrogens is 917 g/mol. The molecule has 19 atom stereocenters. The van der Waals surface area contributed by atoms with Gasteiger partial charge in [-0.1, -0.05) is 70.6 Å². The second kappa shape index (κ2) is 22.8. The molecule has 392 valence electrons. The van der Waals surface area contributed by atoms with Crippen molar-refractivity contribution in [2.24, 2.45) is 23.7 Å². The first-order valence-electron chi connectivity index (χ1n) is 25.5. The average Bonchev–Trinajstić information content (AvgIpc) is 4.00. The minimum Gasteiger partial charge on any atom is -0.466 e. The van der Waals surface area contributed by atoms with E-state index in [0.29, 0.717) is 48.2 Å². The van der Waals surface area contributed by atoms with Crippen molar-refractivity contribution in [1.82, 2.24) is 0 Å². The molecule has 1 aromatic heterocycles. The Morgan fingerprint density at radius 2 is 1.76 bits per heavy atom. The van der Waals surface area contributed by atoms with Crippen LogP contribution >= 0.6 is 0 Å². The zero-order valence-electron chi connectivity index (χ0n) is 42.9. The highest BCUT2D eigenvalue weighted by Crippen LogP contribution is 2.47. The molecule has 0 radical (unpaired) electrons. The maximum Gasteiger partial charge on any atom is 0.331 e. The van der Waals surface area contributed by atoms with Gasteiger partial charge in [0.15, 0.2) is 18.4 Å². The van der Waals surface area contributed by atoms with Crippen LogP contribution in [0.5, 0.6) is 0 Å². The first-order chi connectivity index (χ1) is 33.9. The van der Waals surface area contributed by atoms with Gasteiger partial charge in [-0.15, -0.1) is 0 Å². The fraction of sp³-hybridized carbons (Fsp3) is 0.673. The van der Waals surface area contributed by atoms with Gasteiger partial charge in [-0.05, 0) is 80.5 Å². The Kier molecular flexibility index (Phi) is 17.2. The van der Waals surface area contributed by atoms with Crippen LogP contribution in [0, 0.1) is 23.7 Å². The van der Waals surface area contributed by atoms with Crippen LogP contribution in [0.25, 0.3) is 0 Å². The zero-order valence-corrected chi connectivity index (χ0v) is 42.9. The second-order valence-corrected chi connectivity index (χ2v) is 20.7. The van der Waals surface area contributed by atoms with Crippen LogP contribution in [0.4, 0.5) is 0 Å². The molecule has 0 amide bonds. The summed E-state index contributed by atoms with van der Waals surface area (Å²) in [6, 6.07) is 3.46. The summed E-state index contributed by atoms with van der Waals surface area (Å²) in [6.07, 6.45) is 11.6. The SMILES string of the molecule is CCC(C)C1OC2(C=CC1C)CC1CC(C/C=C(\C)C(OC3CC(OC)C(OC4CC(OC)/C(=C/C(=O)OCc5ccco5)C(C)O4)C(C)O3)C(C)/C=C/C=C3\COC4C(O)C(C)=CC(C(=O)O1)C34O)O2. The minimum atomic E-state index is -1.86. The Hall–Kier alpha value is -3.78. The van der Waals surface area contributed by atoms with Crippen molar-refractivity contribution in [2.75, 3.05) is 20.8 Å². The number of fused-ring (bicyclic) bond motifs is 2. The number of esters is 2.